The first-order valence-corrected chi connectivity index (χ1v) is 15.0. The molecule has 0 unspecified atom stereocenters. The second kappa shape index (κ2) is 10.2. The number of benzene rings is 7. The molecule has 0 radical (unpaired) electrons. The van der Waals surface area contributed by atoms with Gasteiger partial charge >= 0.3 is 0 Å². The Kier molecular flexibility index (Phi) is 5.78. The molecule has 0 N–H and O–H groups in total. The largest absolute Gasteiger partial charge is 0.456 e. The number of furan rings is 1. The molecule has 0 amide bonds. The predicted molar refractivity (Wildman–Crippen MR) is 184 cm³/mol. The lowest BCUT2D eigenvalue weighted by atomic mass is 9.97. The average Bonchev–Trinajstić information content (AvgIpc) is 3.49. The molecule has 0 aliphatic rings. The van der Waals surface area contributed by atoms with E-state index in [9.17, 15) is 0 Å². The minimum Gasteiger partial charge on any atom is -0.456 e. The van der Waals surface area contributed by atoms with Gasteiger partial charge in [0.15, 0.2) is 17.5 Å². The maximum atomic E-state index is 6.23. The van der Waals surface area contributed by atoms with Crippen molar-refractivity contribution in [3.05, 3.63) is 152 Å². The van der Waals surface area contributed by atoms with Crippen LogP contribution in [0.5, 0.6) is 0 Å². The zero-order chi connectivity index (χ0) is 29.7. The van der Waals surface area contributed by atoms with Gasteiger partial charge in [-0.15, -0.1) is 0 Å². The Morgan fingerprint density at radius 1 is 0.356 bits per heavy atom. The van der Waals surface area contributed by atoms with Crippen molar-refractivity contribution in [2.45, 2.75) is 0 Å². The molecule has 4 heteroatoms. The third kappa shape index (κ3) is 4.35. The molecule has 0 saturated carbocycles. The molecule has 0 aliphatic heterocycles. The number of nitrogens with zero attached hydrogens (tertiary/aromatic N) is 3. The van der Waals surface area contributed by atoms with Gasteiger partial charge in [0, 0.05) is 32.8 Å². The Bertz CT molecular complexity index is 2530. The van der Waals surface area contributed by atoms with Crippen LogP contribution in [0, 0.1) is 0 Å². The molecule has 4 nitrogen and oxygen atoms in total. The molecular weight excluding hydrogens is 550 g/mol. The topological polar surface area (TPSA) is 51.8 Å². The Hall–Kier alpha value is -6.13. The fraction of sp³-hybridized carbons (Fsp3) is 0. The summed E-state index contributed by atoms with van der Waals surface area (Å²) in [4.78, 5) is 15.3. The summed E-state index contributed by atoms with van der Waals surface area (Å²) in [6, 6.07) is 52.3. The predicted octanol–water partition coefficient (Wildman–Crippen LogP) is 10.7. The zero-order valence-electron chi connectivity index (χ0n) is 24.2. The monoisotopic (exact) mass is 575 g/mol. The van der Waals surface area contributed by atoms with Gasteiger partial charge in [0.25, 0.3) is 0 Å². The van der Waals surface area contributed by atoms with Crippen molar-refractivity contribution in [1.82, 2.24) is 15.0 Å². The summed E-state index contributed by atoms with van der Waals surface area (Å²) < 4.78 is 6.23. The molecule has 7 aromatic carbocycles. The SMILES string of the molecule is c1ccc(-c2ccc(-c3nc(-c4ccc5c(c4)oc4ccccc45)nc(-c4cccc5ccc6ccccc6c45)n3)cc2)cc1. The maximum absolute atomic E-state index is 6.23. The Morgan fingerprint density at radius 3 is 1.82 bits per heavy atom. The van der Waals surface area contributed by atoms with Crippen LogP contribution in [-0.4, -0.2) is 15.0 Å². The van der Waals surface area contributed by atoms with Crippen LogP contribution >= 0.6 is 0 Å². The first-order chi connectivity index (χ1) is 22.3. The summed E-state index contributed by atoms with van der Waals surface area (Å²) in [7, 11) is 0. The van der Waals surface area contributed by atoms with Crippen molar-refractivity contribution in [3.8, 4) is 45.3 Å². The van der Waals surface area contributed by atoms with Gasteiger partial charge in [-0.3, -0.25) is 0 Å². The Morgan fingerprint density at radius 2 is 0.956 bits per heavy atom. The average molecular weight is 576 g/mol. The number of hydrogen-bond acceptors (Lipinski definition) is 4. The van der Waals surface area contributed by atoms with Gasteiger partial charge in [-0.25, -0.2) is 15.0 Å². The Balaban J connectivity index is 1.26. The van der Waals surface area contributed by atoms with Gasteiger partial charge in [-0.1, -0.05) is 133 Å². The highest BCUT2D eigenvalue weighted by Crippen LogP contribution is 2.36. The molecular formula is C41H25N3O. The van der Waals surface area contributed by atoms with Gasteiger partial charge < -0.3 is 4.42 Å². The van der Waals surface area contributed by atoms with Crippen molar-refractivity contribution in [1.29, 1.82) is 0 Å². The number of fused-ring (bicyclic) bond motifs is 6. The standard InChI is InChI=1S/C41H25N3O/c1-2-9-26(10-3-1)27-17-21-30(22-18-27)39-42-40(31-23-24-34-33-14-6-7-16-36(33)45-37(34)25-31)44-41(43-39)35-15-8-12-29-20-19-28-11-4-5-13-32(28)38(29)35/h1-25H. The van der Waals surface area contributed by atoms with Crippen LogP contribution in [-0.2, 0) is 0 Å². The fourth-order valence-corrected chi connectivity index (χ4v) is 6.31. The van der Waals surface area contributed by atoms with Gasteiger partial charge in [0.1, 0.15) is 11.2 Å². The molecule has 9 rings (SSSR count). The van der Waals surface area contributed by atoms with Crippen molar-refractivity contribution >= 4 is 43.5 Å². The molecule has 0 fully saturated rings. The zero-order valence-corrected chi connectivity index (χ0v) is 24.2. The lowest BCUT2D eigenvalue weighted by Crippen LogP contribution is -2.00. The fourth-order valence-electron chi connectivity index (χ4n) is 6.31. The van der Waals surface area contributed by atoms with Gasteiger partial charge in [0.2, 0.25) is 0 Å². The van der Waals surface area contributed by atoms with E-state index in [1.54, 1.807) is 0 Å². The highest BCUT2D eigenvalue weighted by molar-refractivity contribution is 6.13. The van der Waals surface area contributed by atoms with Crippen LogP contribution in [0.1, 0.15) is 0 Å². The molecule has 0 atom stereocenters. The van der Waals surface area contributed by atoms with E-state index in [2.05, 4.69) is 121 Å². The van der Waals surface area contributed by atoms with Crippen molar-refractivity contribution < 1.29 is 4.42 Å². The van der Waals surface area contributed by atoms with Gasteiger partial charge in [0.05, 0.1) is 0 Å². The number of aromatic nitrogens is 3. The van der Waals surface area contributed by atoms with Crippen molar-refractivity contribution in [2.24, 2.45) is 0 Å². The third-order valence-corrected chi connectivity index (χ3v) is 8.53. The molecule has 0 bridgehead atoms. The van der Waals surface area contributed by atoms with E-state index in [-0.39, 0.29) is 0 Å². The third-order valence-electron chi connectivity index (χ3n) is 8.53. The van der Waals surface area contributed by atoms with E-state index < -0.39 is 0 Å². The van der Waals surface area contributed by atoms with Gasteiger partial charge in [-0.05, 0) is 45.5 Å². The summed E-state index contributed by atoms with van der Waals surface area (Å²) >= 11 is 0. The van der Waals surface area contributed by atoms with Crippen LogP contribution in [0.15, 0.2) is 156 Å². The van der Waals surface area contributed by atoms with Crippen molar-refractivity contribution in [2.75, 3.05) is 0 Å². The Labute approximate surface area is 259 Å². The number of hydrogen-bond donors (Lipinski definition) is 0. The smallest absolute Gasteiger partial charge is 0.164 e. The molecule has 210 valence electrons. The van der Waals surface area contributed by atoms with Crippen LogP contribution in [0.3, 0.4) is 0 Å². The first kappa shape index (κ1) is 25.4. The maximum Gasteiger partial charge on any atom is 0.164 e. The molecule has 9 aromatic rings. The van der Waals surface area contributed by atoms with E-state index in [1.165, 1.54) is 16.3 Å². The molecule has 45 heavy (non-hydrogen) atoms. The molecule has 0 aliphatic carbocycles. The van der Waals surface area contributed by atoms with Crippen LogP contribution in [0.4, 0.5) is 0 Å². The van der Waals surface area contributed by atoms with Gasteiger partial charge in [-0.2, -0.15) is 0 Å². The van der Waals surface area contributed by atoms with E-state index in [0.717, 1.165) is 55.0 Å². The minimum absolute atomic E-state index is 0.599. The second-order valence-electron chi connectivity index (χ2n) is 11.2. The lowest BCUT2D eigenvalue weighted by Gasteiger charge is -2.12. The van der Waals surface area contributed by atoms with Crippen LogP contribution < -0.4 is 0 Å². The minimum atomic E-state index is 0.599. The highest BCUT2D eigenvalue weighted by atomic mass is 16.3. The quantitative estimate of drug-likeness (QED) is 0.196. The molecule has 2 heterocycles. The van der Waals surface area contributed by atoms with Crippen LogP contribution in [0.2, 0.25) is 0 Å². The summed E-state index contributed by atoms with van der Waals surface area (Å²) in [5.74, 6) is 1.85. The number of rotatable bonds is 4. The summed E-state index contributed by atoms with van der Waals surface area (Å²) in [5.41, 5.74) is 6.75. The van der Waals surface area contributed by atoms with E-state index in [1.807, 2.05) is 30.3 Å². The molecule has 0 saturated heterocycles. The summed E-state index contributed by atoms with van der Waals surface area (Å²) in [5, 5.41) is 6.79. The van der Waals surface area contributed by atoms with Crippen molar-refractivity contribution in [3.63, 3.8) is 0 Å². The normalized spacial score (nSPS) is 11.6. The lowest BCUT2D eigenvalue weighted by molar-refractivity contribution is 0.669. The second-order valence-corrected chi connectivity index (χ2v) is 11.2. The molecule has 2 aromatic heterocycles. The van der Waals surface area contributed by atoms with E-state index in [0.29, 0.717) is 17.5 Å². The first-order valence-electron chi connectivity index (χ1n) is 15.0. The molecule has 0 spiro atoms. The summed E-state index contributed by atoms with van der Waals surface area (Å²) in [6.07, 6.45) is 0. The summed E-state index contributed by atoms with van der Waals surface area (Å²) in [6.45, 7) is 0. The van der Waals surface area contributed by atoms with Crippen LogP contribution in [0.25, 0.3) is 88.8 Å². The van der Waals surface area contributed by atoms with E-state index >= 15 is 0 Å². The number of para-hydroxylation sites is 1. The van der Waals surface area contributed by atoms with E-state index in [4.69, 9.17) is 19.4 Å². The highest BCUT2D eigenvalue weighted by Gasteiger charge is 2.17.